The average Bonchev–Trinajstić information content (AvgIpc) is 2.27. The van der Waals surface area contributed by atoms with E-state index in [0.29, 0.717) is 0 Å². The first-order valence-electron chi connectivity index (χ1n) is 5.25. The molecule has 0 amide bonds. The van der Waals surface area contributed by atoms with Crippen LogP contribution in [0.5, 0.6) is 0 Å². The highest BCUT2D eigenvalue weighted by atomic mass is 19.1. The van der Waals surface area contributed by atoms with E-state index >= 15 is 0 Å². The van der Waals surface area contributed by atoms with Gasteiger partial charge in [0.25, 0.3) is 0 Å². The Hall–Kier alpha value is -0.890. The summed E-state index contributed by atoms with van der Waals surface area (Å²) in [6, 6.07) is 8.16. The molecule has 0 saturated carbocycles. The van der Waals surface area contributed by atoms with Crippen molar-refractivity contribution < 1.29 is 4.39 Å². The van der Waals surface area contributed by atoms with Crippen molar-refractivity contribution in [2.75, 3.05) is 6.54 Å². The van der Waals surface area contributed by atoms with Crippen LogP contribution in [0.2, 0.25) is 0 Å². The molecule has 0 bridgehead atoms. The minimum absolute atomic E-state index is 0.0324. The number of nitrogens with two attached hydrogens (primary N) is 1. The molecule has 1 aliphatic rings. The molecule has 1 aliphatic carbocycles. The third-order valence-corrected chi connectivity index (χ3v) is 3.08. The summed E-state index contributed by atoms with van der Waals surface area (Å²) in [5.74, 6) is 0.0324. The monoisotopic (exact) mass is 193 g/mol. The Balaban J connectivity index is 2.30. The molecule has 1 aromatic rings. The molecule has 1 aromatic carbocycles. The molecule has 2 unspecified atom stereocenters. The predicted molar refractivity (Wildman–Crippen MR) is 56.1 cm³/mol. The summed E-state index contributed by atoms with van der Waals surface area (Å²) in [7, 11) is 0. The van der Waals surface area contributed by atoms with E-state index in [1.54, 1.807) is 0 Å². The molecular formula is C12H16FN. The van der Waals surface area contributed by atoms with Gasteiger partial charge in [-0.1, -0.05) is 24.3 Å². The highest BCUT2D eigenvalue weighted by molar-refractivity contribution is 5.33. The average molecular weight is 193 g/mol. The Labute approximate surface area is 84.1 Å². The summed E-state index contributed by atoms with van der Waals surface area (Å²) in [6.07, 6.45) is 2.23. The number of halogens is 1. The molecule has 0 radical (unpaired) electrons. The zero-order chi connectivity index (χ0) is 9.97. The molecule has 0 heterocycles. The van der Waals surface area contributed by atoms with Crippen LogP contribution in [-0.2, 0) is 6.42 Å². The van der Waals surface area contributed by atoms with E-state index in [1.165, 1.54) is 11.1 Å². The topological polar surface area (TPSA) is 26.0 Å². The van der Waals surface area contributed by atoms with Crippen molar-refractivity contribution in [1.82, 2.24) is 0 Å². The maximum absolute atomic E-state index is 13.6. The van der Waals surface area contributed by atoms with Gasteiger partial charge in [-0.25, -0.2) is 4.39 Å². The predicted octanol–water partition coefficient (Wildman–Crippen LogP) is 2.40. The van der Waals surface area contributed by atoms with E-state index in [9.17, 15) is 4.39 Å². The van der Waals surface area contributed by atoms with Crippen molar-refractivity contribution in [3.05, 3.63) is 35.4 Å². The minimum atomic E-state index is -0.878. The van der Waals surface area contributed by atoms with Crippen molar-refractivity contribution in [1.29, 1.82) is 0 Å². The first-order valence-corrected chi connectivity index (χ1v) is 5.25. The maximum Gasteiger partial charge on any atom is 0.119 e. The fourth-order valence-electron chi connectivity index (χ4n) is 2.33. The molecular weight excluding hydrogens is 177 g/mol. The molecule has 14 heavy (non-hydrogen) atoms. The Morgan fingerprint density at radius 1 is 1.43 bits per heavy atom. The smallest absolute Gasteiger partial charge is 0.119 e. The zero-order valence-electron chi connectivity index (χ0n) is 8.25. The number of fused-ring (bicyclic) bond motifs is 1. The third-order valence-electron chi connectivity index (χ3n) is 3.08. The van der Waals surface area contributed by atoms with Gasteiger partial charge in [-0.05, 0) is 30.4 Å². The van der Waals surface area contributed by atoms with Gasteiger partial charge in [-0.3, -0.25) is 0 Å². The molecule has 0 spiro atoms. The van der Waals surface area contributed by atoms with E-state index in [1.807, 2.05) is 18.2 Å². The third kappa shape index (κ3) is 1.67. The van der Waals surface area contributed by atoms with Crippen molar-refractivity contribution >= 4 is 0 Å². The summed E-state index contributed by atoms with van der Waals surface area (Å²) < 4.78 is 13.6. The number of aryl methyl sites for hydroxylation is 1. The molecule has 2 heteroatoms. The lowest BCUT2D eigenvalue weighted by atomic mass is 9.80. The van der Waals surface area contributed by atoms with Gasteiger partial charge in [0.1, 0.15) is 6.17 Å². The number of benzene rings is 1. The molecule has 0 aromatic heterocycles. The van der Waals surface area contributed by atoms with Gasteiger partial charge in [0.2, 0.25) is 0 Å². The van der Waals surface area contributed by atoms with Gasteiger partial charge >= 0.3 is 0 Å². The summed E-state index contributed by atoms with van der Waals surface area (Å²) >= 11 is 0. The van der Waals surface area contributed by atoms with Gasteiger partial charge in [0.15, 0.2) is 0 Å². The van der Waals surface area contributed by atoms with Crippen LogP contribution in [0.25, 0.3) is 0 Å². The lowest BCUT2D eigenvalue weighted by Crippen LogP contribution is -2.26. The second-order valence-electron chi connectivity index (χ2n) is 3.95. The lowest BCUT2D eigenvalue weighted by Gasteiger charge is -2.27. The number of hydrogen-bond acceptors (Lipinski definition) is 1. The fourth-order valence-corrected chi connectivity index (χ4v) is 2.33. The quantitative estimate of drug-likeness (QED) is 0.767. The van der Waals surface area contributed by atoms with Gasteiger partial charge in [-0.2, -0.15) is 0 Å². The largest absolute Gasteiger partial charge is 0.328 e. The maximum atomic E-state index is 13.6. The van der Waals surface area contributed by atoms with E-state index < -0.39 is 6.17 Å². The molecule has 2 rings (SSSR count). The Morgan fingerprint density at radius 3 is 3.00 bits per heavy atom. The van der Waals surface area contributed by atoms with E-state index in [0.717, 1.165) is 19.3 Å². The van der Waals surface area contributed by atoms with E-state index in [4.69, 9.17) is 5.73 Å². The summed E-state index contributed by atoms with van der Waals surface area (Å²) in [4.78, 5) is 0. The molecule has 0 saturated heterocycles. The molecule has 0 aliphatic heterocycles. The van der Waals surface area contributed by atoms with Crippen molar-refractivity contribution in [3.8, 4) is 0 Å². The number of hydrogen-bond donors (Lipinski definition) is 1. The van der Waals surface area contributed by atoms with Crippen LogP contribution in [0.3, 0.4) is 0 Å². The molecule has 2 N–H and O–H groups in total. The van der Waals surface area contributed by atoms with Crippen molar-refractivity contribution in [2.45, 2.75) is 31.4 Å². The zero-order valence-corrected chi connectivity index (χ0v) is 8.25. The van der Waals surface area contributed by atoms with Crippen LogP contribution in [0.15, 0.2) is 24.3 Å². The first kappa shape index (κ1) is 9.66. The first-order chi connectivity index (χ1) is 6.83. The number of rotatable bonds is 2. The van der Waals surface area contributed by atoms with Crippen LogP contribution in [0.1, 0.15) is 29.9 Å². The standard InChI is InChI=1S/C12H16FN/c13-12(8-14)11-7-3-5-9-4-1-2-6-10(9)11/h1-2,4,6,11-12H,3,5,7-8,14H2. The lowest BCUT2D eigenvalue weighted by molar-refractivity contribution is 0.269. The van der Waals surface area contributed by atoms with Crippen LogP contribution in [-0.4, -0.2) is 12.7 Å². The molecule has 0 fully saturated rings. The van der Waals surface area contributed by atoms with E-state index in [2.05, 4.69) is 6.07 Å². The van der Waals surface area contributed by atoms with Crippen LogP contribution < -0.4 is 5.73 Å². The Kier molecular flexibility index (Phi) is 2.82. The number of alkyl halides is 1. The molecule has 76 valence electrons. The minimum Gasteiger partial charge on any atom is -0.328 e. The van der Waals surface area contributed by atoms with Crippen LogP contribution in [0.4, 0.5) is 4.39 Å². The van der Waals surface area contributed by atoms with Crippen molar-refractivity contribution in [3.63, 3.8) is 0 Å². The summed E-state index contributed by atoms with van der Waals surface area (Å²) in [5.41, 5.74) is 7.87. The Morgan fingerprint density at radius 2 is 2.21 bits per heavy atom. The fraction of sp³-hybridized carbons (Fsp3) is 0.500. The van der Waals surface area contributed by atoms with Crippen molar-refractivity contribution in [2.24, 2.45) is 5.73 Å². The molecule has 1 nitrogen and oxygen atoms in total. The molecule has 2 atom stereocenters. The second kappa shape index (κ2) is 4.09. The van der Waals surface area contributed by atoms with E-state index in [-0.39, 0.29) is 12.5 Å². The van der Waals surface area contributed by atoms with Gasteiger partial charge in [0.05, 0.1) is 0 Å². The second-order valence-corrected chi connectivity index (χ2v) is 3.95. The highest BCUT2D eigenvalue weighted by Crippen LogP contribution is 2.34. The van der Waals surface area contributed by atoms with Crippen LogP contribution >= 0.6 is 0 Å². The van der Waals surface area contributed by atoms with Crippen LogP contribution in [0, 0.1) is 0 Å². The SMILES string of the molecule is NCC(F)C1CCCc2ccccc21. The summed E-state index contributed by atoms with van der Waals surface area (Å²) in [5, 5.41) is 0. The highest BCUT2D eigenvalue weighted by Gasteiger charge is 2.26. The summed E-state index contributed by atoms with van der Waals surface area (Å²) in [6.45, 7) is 0.138. The Bertz CT molecular complexity index is 311. The normalized spacial score (nSPS) is 22.9. The van der Waals surface area contributed by atoms with Gasteiger partial charge < -0.3 is 5.73 Å². The van der Waals surface area contributed by atoms with Gasteiger partial charge in [-0.15, -0.1) is 0 Å². The van der Waals surface area contributed by atoms with Gasteiger partial charge in [0, 0.05) is 12.5 Å².